The summed E-state index contributed by atoms with van der Waals surface area (Å²) in [5.41, 5.74) is 0.398. The molecule has 1 amide bonds. The average molecular weight is 168 g/mol. The molecule has 2 nitrogen and oxygen atoms in total. The van der Waals surface area contributed by atoms with Crippen molar-refractivity contribution in [2.75, 3.05) is 13.1 Å². The molecule has 1 radical (unpaired) electrons. The molecule has 1 rings (SSSR count). The molecule has 0 atom stereocenters. The van der Waals surface area contributed by atoms with E-state index in [1.807, 2.05) is 6.41 Å². The number of amides is 1. The van der Waals surface area contributed by atoms with E-state index < -0.39 is 0 Å². The van der Waals surface area contributed by atoms with Crippen LogP contribution in [-0.2, 0) is 4.79 Å². The fourth-order valence-electron chi connectivity index (χ4n) is 1.84. The molecule has 1 heterocycles. The first-order valence-electron chi connectivity index (χ1n) is 4.67. The summed E-state index contributed by atoms with van der Waals surface area (Å²) >= 11 is 0. The molecule has 2 heteroatoms. The maximum atomic E-state index is 10.3. The molecule has 69 valence electrons. The zero-order chi connectivity index (χ0) is 9.19. The molecule has 0 saturated carbocycles. The van der Waals surface area contributed by atoms with Crippen LogP contribution in [0.15, 0.2) is 0 Å². The van der Waals surface area contributed by atoms with E-state index in [4.69, 9.17) is 0 Å². The fraction of sp³-hybridized carbons (Fsp3) is 0.900. The number of hydrogen-bond acceptors (Lipinski definition) is 1. The molecular weight excluding hydrogens is 150 g/mol. The van der Waals surface area contributed by atoms with E-state index in [1.165, 1.54) is 0 Å². The first-order chi connectivity index (χ1) is 5.54. The van der Waals surface area contributed by atoms with E-state index in [1.54, 1.807) is 4.90 Å². The highest BCUT2D eigenvalue weighted by molar-refractivity contribution is 5.48. The van der Waals surface area contributed by atoms with Crippen LogP contribution in [-0.4, -0.2) is 24.4 Å². The van der Waals surface area contributed by atoms with Crippen LogP contribution >= 0.6 is 0 Å². The van der Waals surface area contributed by atoms with Crippen LogP contribution in [0.1, 0.15) is 33.6 Å². The molecule has 1 aliphatic rings. The van der Waals surface area contributed by atoms with Gasteiger partial charge in [0.1, 0.15) is 0 Å². The van der Waals surface area contributed by atoms with Crippen LogP contribution in [0.25, 0.3) is 0 Å². The second kappa shape index (κ2) is 3.46. The van der Waals surface area contributed by atoms with Crippen LogP contribution in [0, 0.1) is 11.3 Å². The topological polar surface area (TPSA) is 20.3 Å². The summed E-state index contributed by atoms with van der Waals surface area (Å²) in [5.74, 6) is 0.766. The van der Waals surface area contributed by atoms with Crippen LogP contribution in [0.3, 0.4) is 0 Å². The summed E-state index contributed by atoms with van der Waals surface area (Å²) in [6.45, 7) is 8.62. The van der Waals surface area contributed by atoms with Crippen LogP contribution in [0.4, 0.5) is 0 Å². The second-order valence-electron chi connectivity index (χ2n) is 4.72. The Morgan fingerprint density at radius 1 is 1.25 bits per heavy atom. The first kappa shape index (κ1) is 9.56. The molecule has 0 aromatic rings. The Bertz CT molecular complexity index is 152. The maximum Gasteiger partial charge on any atom is 0.312 e. The summed E-state index contributed by atoms with van der Waals surface area (Å²) in [4.78, 5) is 12.1. The highest BCUT2D eigenvalue weighted by atomic mass is 16.1. The summed E-state index contributed by atoms with van der Waals surface area (Å²) in [6, 6.07) is 0. The minimum Gasteiger partial charge on any atom is -0.334 e. The van der Waals surface area contributed by atoms with E-state index in [0.717, 1.165) is 31.8 Å². The molecule has 0 aromatic carbocycles. The molecule has 1 fully saturated rings. The zero-order valence-corrected chi connectivity index (χ0v) is 8.26. The van der Waals surface area contributed by atoms with Gasteiger partial charge in [0.2, 0.25) is 0 Å². The highest BCUT2D eigenvalue weighted by Gasteiger charge is 2.28. The van der Waals surface area contributed by atoms with Crippen molar-refractivity contribution in [3.63, 3.8) is 0 Å². The van der Waals surface area contributed by atoms with Gasteiger partial charge < -0.3 is 4.90 Å². The van der Waals surface area contributed by atoms with Crippen molar-refractivity contribution in [2.45, 2.75) is 33.6 Å². The molecule has 0 N–H and O–H groups in total. The van der Waals surface area contributed by atoms with Gasteiger partial charge in [0.15, 0.2) is 0 Å². The van der Waals surface area contributed by atoms with Gasteiger partial charge in [-0.25, -0.2) is 0 Å². The molecule has 0 unspecified atom stereocenters. The van der Waals surface area contributed by atoms with Crippen molar-refractivity contribution < 1.29 is 4.79 Å². The van der Waals surface area contributed by atoms with Crippen molar-refractivity contribution >= 4 is 6.41 Å². The molecule has 1 saturated heterocycles. The van der Waals surface area contributed by atoms with Crippen LogP contribution in [0.5, 0.6) is 0 Å². The number of likely N-dealkylation sites (tertiary alicyclic amines) is 1. The van der Waals surface area contributed by atoms with Gasteiger partial charge in [0.05, 0.1) is 0 Å². The maximum absolute atomic E-state index is 10.3. The normalized spacial score (nSPS) is 21.1. The van der Waals surface area contributed by atoms with Gasteiger partial charge in [0.25, 0.3) is 0 Å². The first-order valence-corrected chi connectivity index (χ1v) is 4.67. The lowest BCUT2D eigenvalue weighted by molar-refractivity contribution is 0.147. The van der Waals surface area contributed by atoms with E-state index in [2.05, 4.69) is 20.8 Å². The highest BCUT2D eigenvalue weighted by Crippen LogP contribution is 2.33. The van der Waals surface area contributed by atoms with E-state index in [0.29, 0.717) is 5.41 Å². The predicted molar refractivity (Wildman–Crippen MR) is 49.4 cm³/mol. The van der Waals surface area contributed by atoms with Gasteiger partial charge in [-0.05, 0) is 24.2 Å². The molecule has 0 aliphatic carbocycles. The molecular formula is C10H18NO. The van der Waals surface area contributed by atoms with Crippen LogP contribution < -0.4 is 0 Å². The van der Waals surface area contributed by atoms with Crippen LogP contribution in [0.2, 0.25) is 0 Å². The lowest BCUT2D eigenvalue weighted by Crippen LogP contribution is -2.37. The van der Waals surface area contributed by atoms with Gasteiger partial charge >= 0.3 is 6.41 Å². The number of nitrogens with zero attached hydrogens (tertiary/aromatic N) is 1. The van der Waals surface area contributed by atoms with Gasteiger partial charge in [0, 0.05) is 13.1 Å². The van der Waals surface area contributed by atoms with Crippen molar-refractivity contribution in [3.05, 3.63) is 0 Å². The Balaban J connectivity index is 2.41. The Kier molecular flexibility index (Phi) is 2.76. The Morgan fingerprint density at radius 2 is 1.75 bits per heavy atom. The monoisotopic (exact) mass is 168 g/mol. The number of piperidine rings is 1. The second-order valence-corrected chi connectivity index (χ2v) is 4.72. The third-order valence-electron chi connectivity index (χ3n) is 2.85. The lowest BCUT2D eigenvalue weighted by Gasteiger charge is -2.36. The summed E-state index contributed by atoms with van der Waals surface area (Å²) in [7, 11) is 0. The SMILES string of the molecule is CC(C)(C)C1CCN([C]=O)CC1. The van der Waals surface area contributed by atoms with Crippen molar-refractivity contribution in [1.82, 2.24) is 4.90 Å². The van der Waals surface area contributed by atoms with E-state index in [-0.39, 0.29) is 0 Å². The number of carbonyl (C=O) groups excluding carboxylic acids is 1. The minimum absolute atomic E-state index is 0.398. The summed E-state index contributed by atoms with van der Waals surface area (Å²) < 4.78 is 0. The Hall–Kier alpha value is -0.530. The average Bonchev–Trinajstić information content (AvgIpc) is 2.03. The van der Waals surface area contributed by atoms with E-state index in [9.17, 15) is 4.79 Å². The lowest BCUT2D eigenvalue weighted by atomic mass is 9.75. The molecule has 1 aliphatic heterocycles. The minimum atomic E-state index is 0.398. The summed E-state index contributed by atoms with van der Waals surface area (Å²) in [6.07, 6.45) is 4.23. The van der Waals surface area contributed by atoms with Gasteiger partial charge in [-0.3, -0.25) is 4.79 Å². The van der Waals surface area contributed by atoms with Crippen molar-refractivity contribution in [3.8, 4) is 0 Å². The molecule has 0 bridgehead atoms. The van der Waals surface area contributed by atoms with Gasteiger partial charge in [-0.2, -0.15) is 0 Å². The van der Waals surface area contributed by atoms with Gasteiger partial charge in [-0.15, -0.1) is 0 Å². The molecule has 0 aromatic heterocycles. The number of rotatable bonds is 1. The smallest absolute Gasteiger partial charge is 0.312 e. The summed E-state index contributed by atoms with van der Waals surface area (Å²) in [5, 5.41) is 0. The third-order valence-corrected chi connectivity index (χ3v) is 2.85. The Morgan fingerprint density at radius 3 is 2.08 bits per heavy atom. The fourth-order valence-corrected chi connectivity index (χ4v) is 1.84. The third kappa shape index (κ3) is 2.23. The molecule has 0 spiro atoms. The standard InChI is InChI=1S/C10H18NO/c1-10(2,3)9-4-6-11(8-12)7-5-9/h9H,4-7H2,1-3H3. The molecule has 12 heavy (non-hydrogen) atoms. The Labute approximate surface area is 74.9 Å². The van der Waals surface area contributed by atoms with Crippen molar-refractivity contribution in [1.29, 1.82) is 0 Å². The zero-order valence-electron chi connectivity index (χ0n) is 8.26. The predicted octanol–water partition coefficient (Wildman–Crippen LogP) is 1.81. The number of hydrogen-bond donors (Lipinski definition) is 0. The largest absolute Gasteiger partial charge is 0.334 e. The van der Waals surface area contributed by atoms with Gasteiger partial charge in [-0.1, -0.05) is 20.8 Å². The van der Waals surface area contributed by atoms with Crippen molar-refractivity contribution in [2.24, 2.45) is 11.3 Å². The quantitative estimate of drug-likeness (QED) is 0.584. The van der Waals surface area contributed by atoms with E-state index >= 15 is 0 Å².